The number of rotatable bonds is 3. The van der Waals surface area contributed by atoms with E-state index in [1.807, 2.05) is 37.4 Å². The number of methoxy groups -OCH3 is 1. The largest absolute Gasteiger partial charge is 0.380 e. The third-order valence-corrected chi connectivity index (χ3v) is 2.95. The molecule has 3 heteroatoms. The monoisotopic (exact) mass is 236 g/mol. The van der Waals surface area contributed by atoms with Crippen molar-refractivity contribution in [3.63, 3.8) is 0 Å². The summed E-state index contributed by atoms with van der Waals surface area (Å²) in [6.45, 7) is 3.18. The zero-order valence-corrected chi connectivity index (χ0v) is 11.1. The van der Waals surface area contributed by atoms with Crippen molar-refractivity contribution in [1.29, 1.82) is 0 Å². The normalized spacial score (nSPS) is 19.8. The second-order valence-corrected chi connectivity index (χ2v) is 4.46. The highest BCUT2D eigenvalue weighted by Crippen LogP contribution is 2.04. The molecule has 1 fully saturated rings. The third-order valence-electron chi connectivity index (χ3n) is 2.95. The van der Waals surface area contributed by atoms with Crippen LogP contribution in [-0.4, -0.2) is 45.2 Å². The summed E-state index contributed by atoms with van der Waals surface area (Å²) >= 11 is 0. The zero-order chi connectivity index (χ0) is 12.5. The first-order valence-electron chi connectivity index (χ1n) is 6.15. The van der Waals surface area contributed by atoms with Gasteiger partial charge in [-0.25, -0.2) is 0 Å². The average molecular weight is 236 g/mol. The van der Waals surface area contributed by atoms with E-state index in [9.17, 15) is 0 Å². The molecule has 2 rings (SSSR count). The number of likely N-dealkylation sites (tertiary alicyclic amines) is 1. The van der Waals surface area contributed by atoms with Crippen LogP contribution in [-0.2, 0) is 11.3 Å². The van der Waals surface area contributed by atoms with Crippen LogP contribution in [0.25, 0.3) is 0 Å². The summed E-state index contributed by atoms with van der Waals surface area (Å²) in [6.07, 6.45) is 1.31. The van der Waals surface area contributed by atoms with Crippen LogP contribution in [0.4, 0.5) is 0 Å². The Morgan fingerprint density at radius 3 is 2.47 bits per heavy atom. The summed E-state index contributed by atoms with van der Waals surface area (Å²) < 4.78 is 4.93. The molecule has 3 nitrogen and oxygen atoms in total. The maximum atomic E-state index is 4.93. The van der Waals surface area contributed by atoms with Crippen molar-refractivity contribution in [2.24, 2.45) is 0 Å². The summed E-state index contributed by atoms with van der Waals surface area (Å²) in [5.41, 5.74) is 1.22. The van der Waals surface area contributed by atoms with Crippen molar-refractivity contribution >= 4 is 0 Å². The second-order valence-electron chi connectivity index (χ2n) is 4.46. The van der Waals surface area contributed by atoms with Crippen LogP contribution in [0.1, 0.15) is 12.0 Å². The van der Waals surface area contributed by atoms with Crippen LogP contribution in [0.3, 0.4) is 0 Å². The van der Waals surface area contributed by atoms with Gasteiger partial charge in [-0.15, -0.1) is 0 Å². The third kappa shape index (κ3) is 5.82. The molecule has 0 aliphatic carbocycles. The number of nitrogens with one attached hydrogen (secondary N) is 1. The molecule has 0 bridgehead atoms. The molecule has 96 valence electrons. The minimum atomic E-state index is 0.709. The van der Waals surface area contributed by atoms with Gasteiger partial charge < -0.3 is 15.0 Å². The Morgan fingerprint density at radius 2 is 2.06 bits per heavy atom. The molecular weight excluding hydrogens is 212 g/mol. The fourth-order valence-electron chi connectivity index (χ4n) is 1.91. The summed E-state index contributed by atoms with van der Waals surface area (Å²) in [5, 5.41) is 3.25. The lowest BCUT2D eigenvalue weighted by Gasteiger charge is -2.07. The van der Waals surface area contributed by atoms with Gasteiger partial charge in [0.05, 0.1) is 6.61 Å². The van der Waals surface area contributed by atoms with Crippen LogP contribution in [0, 0.1) is 0 Å². The molecule has 1 aromatic rings. The number of hydrogen-bond donors (Lipinski definition) is 1. The van der Waals surface area contributed by atoms with Gasteiger partial charge in [0.15, 0.2) is 0 Å². The molecule has 1 atom stereocenters. The lowest BCUT2D eigenvalue weighted by Crippen LogP contribution is -2.27. The van der Waals surface area contributed by atoms with Crippen molar-refractivity contribution in [2.75, 3.05) is 34.3 Å². The van der Waals surface area contributed by atoms with Crippen LogP contribution in [0.5, 0.6) is 0 Å². The number of likely N-dealkylation sites (N-methyl/N-ethyl adjacent to an activating group) is 2. The van der Waals surface area contributed by atoms with Crippen molar-refractivity contribution in [3.05, 3.63) is 35.9 Å². The Labute approximate surface area is 105 Å². The lowest BCUT2D eigenvalue weighted by molar-refractivity contribution is 0.185. The van der Waals surface area contributed by atoms with E-state index in [0.717, 1.165) is 6.04 Å². The summed E-state index contributed by atoms with van der Waals surface area (Å²) in [7, 11) is 5.90. The molecule has 0 amide bonds. The van der Waals surface area contributed by atoms with Gasteiger partial charge in [0, 0.05) is 19.7 Å². The van der Waals surface area contributed by atoms with Crippen LogP contribution < -0.4 is 5.32 Å². The molecule has 0 saturated carbocycles. The first-order valence-corrected chi connectivity index (χ1v) is 6.15. The molecule has 1 unspecified atom stereocenters. The summed E-state index contributed by atoms with van der Waals surface area (Å²) in [5.74, 6) is 0. The van der Waals surface area contributed by atoms with E-state index in [0.29, 0.717) is 6.61 Å². The molecule has 0 aromatic heterocycles. The van der Waals surface area contributed by atoms with E-state index in [-0.39, 0.29) is 0 Å². The topological polar surface area (TPSA) is 24.5 Å². The highest BCUT2D eigenvalue weighted by molar-refractivity contribution is 5.13. The predicted molar refractivity (Wildman–Crippen MR) is 72.1 cm³/mol. The number of benzene rings is 1. The van der Waals surface area contributed by atoms with Crippen LogP contribution >= 0.6 is 0 Å². The van der Waals surface area contributed by atoms with Gasteiger partial charge in [-0.05, 0) is 32.6 Å². The van der Waals surface area contributed by atoms with Gasteiger partial charge in [-0.1, -0.05) is 30.3 Å². The molecule has 1 aromatic carbocycles. The number of hydrogen-bond acceptors (Lipinski definition) is 3. The molecule has 1 aliphatic heterocycles. The zero-order valence-electron chi connectivity index (χ0n) is 11.1. The van der Waals surface area contributed by atoms with Crippen molar-refractivity contribution in [3.8, 4) is 0 Å². The number of nitrogens with zero attached hydrogens (tertiary/aromatic N) is 1. The first kappa shape index (κ1) is 14.2. The summed E-state index contributed by atoms with van der Waals surface area (Å²) in [4.78, 5) is 2.35. The first-order chi connectivity index (χ1) is 8.26. The summed E-state index contributed by atoms with van der Waals surface area (Å²) in [6, 6.07) is 10.9. The molecule has 0 radical (unpaired) electrons. The Hall–Kier alpha value is -0.900. The van der Waals surface area contributed by atoms with E-state index < -0.39 is 0 Å². The predicted octanol–water partition coefficient (Wildman–Crippen LogP) is 1.74. The second kappa shape index (κ2) is 8.23. The van der Waals surface area contributed by atoms with E-state index in [1.165, 1.54) is 25.1 Å². The van der Waals surface area contributed by atoms with Gasteiger partial charge in [0.2, 0.25) is 0 Å². The highest BCUT2D eigenvalue weighted by Gasteiger charge is 2.16. The molecular formula is C14H24N2O. The molecule has 1 aliphatic rings. The van der Waals surface area contributed by atoms with E-state index in [4.69, 9.17) is 4.74 Å². The van der Waals surface area contributed by atoms with Gasteiger partial charge in [-0.2, -0.15) is 0 Å². The van der Waals surface area contributed by atoms with E-state index >= 15 is 0 Å². The van der Waals surface area contributed by atoms with Crippen LogP contribution in [0.2, 0.25) is 0 Å². The van der Waals surface area contributed by atoms with Crippen LogP contribution in [0.15, 0.2) is 30.3 Å². The van der Waals surface area contributed by atoms with E-state index in [2.05, 4.69) is 17.3 Å². The Kier molecular flexibility index (Phi) is 6.86. The Balaban J connectivity index is 0.000000171. The van der Waals surface area contributed by atoms with Crippen molar-refractivity contribution < 1.29 is 4.74 Å². The molecule has 1 N–H and O–H groups in total. The Morgan fingerprint density at radius 1 is 1.35 bits per heavy atom. The quantitative estimate of drug-likeness (QED) is 0.865. The minimum absolute atomic E-state index is 0.709. The molecule has 17 heavy (non-hydrogen) atoms. The lowest BCUT2D eigenvalue weighted by atomic mass is 10.2. The maximum Gasteiger partial charge on any atom is 0.0713 e. The average Bonchev–Trinajstić information content (AvgIpc) is 2.78. The fraction of sp³-hybridized carbons (Fsp3) is 0.571. The minimum Gasteiger partial charge on any atom is -0.380 e. The van der Waals surface area contributed by atoms with Crippen molar-refractivity contribution in [2.45, 2.75) is 19.1 Å². The fourth-order valence-corrected chi connectivity index (χ4v) is 1.91. The van der Waals surface area contributed by atoms with Gasteiger partial charge >= 0.3 is 0 Å². The van der Waals surface area contributed by atoms with Crippen molar-refractivity contribution in [1.82, 2.24) is 10.2 Å². The number of ether oxygens (including phenoxy) is 1. The van der Waals surface area contributed by atoms with E-state index in [1.54, 1.807) is 7.11 Å². The molecule has 1 heterocycles. The highest BCUT2D eigenvalue weighted by atomic mass is 16.5. The molecule has 0 spiro atoms. The molecule has 1 saturated heterocycles. The SMILES string of the molecule is CNC1CCN(C)C1.COCc1ccccc1. The smallest absolute Gasteiger partial charge is 0.0713 e. The Bertz CT molecular complexity index is 290. The standard InChI is InChI=1S/C8H10O.C6H14N2/c1-9-7-8-5-3-2-4-6-8;1-7-6-3-4-8(2)5-6/h2-6H,7H2,1H3;6-7H,3-5H2,1-2H3. The van der Waals surface area contributed by atoms with Gasteiger partial charge in [0.1, 0.15) is 0 Å². The van der Waals surface area contributed by atoms with Gasteiger partial charge in [0.25, 0.3) is 0 Å². The maximum absolute atomic E-state index is 4.93. The van der Waals surface area contributed by atoms with Gasteiger partial charge in [-0.3, -0.25) is 0 Å².